The summed E-state index contributed by atoms with van der Waals surface area (Å²) < 4.78 is 0. The molecule has 2 heterocycles. The molecule has 1 fully saturated rings. The van der Waals surface area contributed by atoms with E-state index in [4.69, 9.17) is 22.9 Å². The molecule has 19 heavy (non-hydrogen) atoms. The molecular weight excluding hydrogens is 274 g/mol. The van der Waals surface area contributed by atoms with Crippen molar-refractivity contribution in [3.63, 3.8) is 0 Å². The van der Waals surface area contributed by atoms with Crippen molar-refractivity contribution in [3.05, 3.63) is 15.6 Å². The quantitative estimate of drug-likeness (QED) is 0.868. The van der Waals surface area contributed by atoms with E-state index in [1.54, 1.807) is 11.3 Å². The Hall–Kier alpha value is -0.520. The van der Waals surface area contributed by atoms with Gasteiger partial charge in [0.05, 0.1) is 15.6 Å². The van der Waals surface area contributed by atoms with Crippen molar-refractivity contribution in [2.75, 3.05) is 19.6 Å². The maximum absolute atomic E-state index is 5.83. The van der Waals surface area contributed by atoms with Crippen LogP contribution < -0.4 is 5.73 Å². The predicted molar refractivity (Wildman–Crippen MR) is 86.1 cm³/mol. The Morgan fingerprint density at radius 2 is 2.00 bits per heavy atom. The molecule has 1 aliphatic rings. The number of rotatable bonds is 4. The third-order valence-corrected chi connectivity index (χ3v) is 4.93. The Kier molecular flexibility index (Phi) is 4.58. The summed E-state index contributed by atoms with van der Waals surface area (Å²) in [4.78, 5) is 8.78. The van der Waals surface area contributed by atoms with Crippen molar-refractivity contribution in [3.8, 4) is 0 Å². The van der Waals surface area contributed by atoms with E-state index in [0.717, 1.165) is 23.5 Å². The van der Waals surface area contributed by atoms with E-state index in [2.05, 4.69) is 25.7 Å². The maximum Gasteiger partial charge on any atom is 0.116 e. The van der Waals surface area contributed by atoms with Gasteiger partial charge >= 0.3 is 0 Å². The number of nitrogens with zero attached hydrogens (tertiary/aromatic N) is 2. The molecule has 1 aromatic rings. The van der Waals surface area contributed by atoms with E-state index < -0.39 is 0 Å². The van der Waals surface area contributed by atoms with Gasteiger partial charge in [-0.15, -0.1) is 11.3 Å². The van der Waals surface area contributed by atoms with Gasteiger partial charge < -0.3 is 10.6 Å². The fraction of sp³-hybridized carbons (Fsp3) is 0.714. The molecule has 0 atom stereocenters. The lowest BCUT2D eigenvalue weighted by molar-refractivity contribution is 0.343. The summed E-state index contributed by atoms with van der Waals surface area (Å²) in [5.74, 6) is 0. The standard InChI is InChI=1S/C14H23N3S2/c1-14(2,3)12-11(13(15)18)19-10(16-12)6-9-17-7-4-5-8-17/h4-9H2,1-3H3,(H2,15,18). The molecule has 1 aromatic heterocycles. The number of thiazole rings is 1. The van der Waals surface area contributed by atoms with Crippen LogP contribution in [0.1, 0.15) is 49.2 Å². The molecule has 0 aromatic carbocycles. The lowest BCUT2D eigenvalue weighted by atomic mass is 9.91. The lowest BCUT2D eigenvalue weighted by Crippen LogP contribution is -2.22. The minimum Gasteiger partial charge on any atom is -0.389 e. The first kappa shape index (κ1) is 14.9. The van der Waals surface area contributed by atoms with Gasteiger partial charge in [-0.05, 0) is 25.9 Å². The monoisotopic (exact) mass is 297 g/mol. The van der Waals surface area contributed by atoms with Crippen LogP contribution in [0.4, 0.5) is 0 Å². The van der Waals surface area contributed by atoms with Gasteiger partial charge in [0.25, 0.3) is 0 Å². The number of thiocarbonyl (C=S) groups is 1. The molecule has 0 unspecified atom stereocenters. The highest BCUT2D eigenvalue weighted by molar-refractivity contribution is 7.81. The van der Waals surface area contributed by atoms with Crippen LogP contribution >= 0.6 is 23.6 Å². The second kappa shape index (κ2) is 5.85. The summed E-state index contributed by atoms with van der Waals surface area (Å²) in [5, 5.41) is 1.17. The van der Waals surface area contributed by atoms with Gasteiger partial charge in [-0.1, -0.05) is 33.0 Å². The third-order valence-electron chi connectivity index (χ3n) is 3.45. The number of hydrogen-bond donors (Lipinski definition) is 1. The smallest absolute Gasteiger partial charge is 0.116 e. The van der Waals surface area contributed by atoms with Crippen LogP contribution in [0.3, 0.4) is 0 Å². The Morgan fingerprint density at radius 3 is 2.47 bits per heavy atom. The minimum atomic E-state index is 0.00115. The SMILES string of the molecule is CC(C)(C)c1nc(CCN2CCCC2)sc1C(N)=S. The summed E-state index contributed by atoms with van der Waals surface area (Å²) in [6.07, 6.45) is 3.68. The summed E-state index contributed by atoms with van der Waals surface area (Å²) in [7, 11) is 0. The average Bonchev–Trinajstić information content (AvgIpc) is 2.94. The van der Waals surface area contributed by atoms with Gasteiger partial charge in [-0.3, -0.25) is 0 Å². The molecule has 1 aliphatic heterocycles. The van der Waals surface area contributed by atoms with Crippen molar-refractivity contribution < 1.29 is 0 Å². The predicted octanol–water partition coefficient (Wildman–Crippen LogP) is 2.71. The highest BCUT2D eigenvalue weighted by Crippen LogP contribution is 2.30. The van der Waals surface area contributed by atoms with Gasteiger partial charge in [0.15, 0.2) is 0 Å². The van der Waals surface area contributed by atoms with Crippen molar-refractivity contribution in [2.45, 2.75) is 45.4 Å². The van der Waals surface area contributed by atoms with Crippen LogP contribution in [-0.4, -0.2) is 34.5 Å². The zero-order valence-corrected chi connectivity index (χ0v) is 13.7. The second-order valence-electron chi connectivity index (χ2n) is 6.20. The summed E-state index contributed by atoms with van der Waals surface area (Å²) in [6, 6.07) is 0. The number of hydrogen-bond acceptors (Lipinski definition) is 4. The molecule has 2 N–H and O–H groups in total. The van der Waals surface area contributed by atoms with Crippen molar-refractivity contribution >= 4 is 28.5 Å². The molecular formula is C14H23N3S2. The van der Waals surface area contributed by atoms with Crippen LogP contribution in [0.15, 0.2) is 0 Å². The molecule has 0 aliphatic carbocycles. The van der Waals surface area contributed by atoms with E-state index in [1.165, 1.54) is 30.9 Å². The number of aromatic nitrogens is 1. The molecule has 5 heteroatoms. The molecule has 1 saturated heterocycles. The number of nitrogens with two attached hydrogens (primary N) is 1. The topological polar surface area (TPSA) is 42.2 Å². The van der Waals surface area contributed by atoms with Crippen LogP contribution in [0, 0.1) is 0 Å². The van der Waals surface area contributed by atoms with Gasteiger partial charge in [0.1, 0.15) is 4.99 Å². The molecule has 0 bridgehead atoms. The van der Waals surface area contributed by atoms with E-state index in [-0.39, 0.29) is 5.41 Å². The van der Waals surface area contributed by atoms with Crippen LogP contribution in [0.2, 0.25) is 0 Å². The molecule has 3 nitrogen and oxygen atoms in total. The van der Waals surface area contributed by atoms with Crippen LogP contribution in [0.25, 0.3) is 0 Å². The summed E-state index contributed by atoms with van der Waals surface area (Å²) >= 11 is 6.83. The fourth-order valence-corrected chi connectivity index (χ4v) is 3.74. The Labute approximate surface area is 125 Å². The van der Waals surface area contributed by atoms with Crippen molar-refractivity contribution in [1.82, 2.24) is 9.88 Å². The van der Waals surface area contributed by atoms with Gasteiger partial charge in [0, 0.05) is 18.4 Å². The zero-order valence-electron chi connectivity index (χ0n) is 12.0. The Morgan fingerprint density at radius 1 is 1.37 bits per heavy atom. The molecule has 0 spiro atoms. The average molecular weight is 297 g/mol. The fourth-order valence-electron chi connectivity index (χ4n) is 2.41. The van der Waals surface area contributed by atoms with Crippen molar-refractivity contribution in [1.29, 1.82) is 0 Å². The second-order valence-corrected chi connectivity index (χ2v) is 7.72. The summed E-state index contributed by atoms with van der Waals surface area (Å²) in [6.45, 7) is 10.1. The summed E-state index contributed by atoms with van der Waals surface area (Å²) in [5.41, 5.74) is 6.89. The van der Waals surface area contributed by atoms with E-state index in [1.807, 2.05) is 0 Å². The Balaban J connectivity index is 2.11. The minimum absolute atomic E-state index is 0.00115. The molecule has 0 radical (unpaired) electrons. The molecule has 0 amide bonds. The largest absolute Gasteiger partial charge is 0.389 e. The first-order valence-corrected chi connectivity index (χ1v) is 8.13. The molecule has 2 rings (SSSR count). The van der Waals surface area contributed by atoms with Gasteiger partial charge in [-0.2, -0.15) is 0 Å². The van der Waals surface area contributed by atoms with E-state index >= 15 is 0 Å². The highest BCUT2D eigenvalue weighted by Gasteiger charge is 2.24. The highest BCUT2D eigenvalue weighted by atomic mass is 32.1. The molecule has 106 valence electrons. The zero-order chi connectivity index (χ0) is 14.0. The molecule has 0 saturated carbocycles. The Bertz CT molecular complexity index is 454. The first-order chi connectivity index (χ1) is 8.88. The van der Waals surface area contributed by atoms with Crippen LogP contribution in [0.5, 0.6) is 0 Å². The maximum atomic E-state index is 5.83. The van der Waals surface area contributed by atoms with Crippen LogP contribution in [-0.2, 0) is 11.8 Å². The first-order valence-electron chi connectivity index (χ1n) is 6.90. The van der Waals surface area contributed by atoms with Gasteiger partial charge in [-0.25, -0.2) is 4.98 Å². The third kappa shape index (κ3) is 3.74. The van der Waals surface area contributed by atoms with E-state index in [0.29, 0.717) is 4.99 Å². The van der Waals surface area contributed by atoms with E-state index in [9.17, 15) is 0 Å². The lowest BCUT2D eigenvalue weighted by Gasteiger charge is -2.17. The number of likely N-dealkylation sites (tertiary alicyclic amines) is 1. The van der Waals surface area contributed by atoms with Crippen molar-refractivity contribution in [2.24, 2.45) is 5.73 Å². The normalized spacial score (nSPS) is 17.0. The van der Waals surface area contributed by atoms with Gasteiger partial charge in [0.2, 0.25) is 0 Å².